The number of nitrogens with zero attached hydrogens (tertiary/aromatic N) is 4. The molecule has 0 amide bonds. The van der Waals surface area contributed by atoms with Crippen molar-refractivity contribution in [2.24, 2.45) is 0 Å². The van der Waals surface area contributed by atoms with E-state index >= 15 is 0 Å². The van der Waals surface area contributed by atoms with E-state index in [9.17, 15) is 4.79 Å². The van der Waals surface area contributed by atoms with Gasteiger partial charge in [0, 0.05) is 40.8 Å². The van der Waals surface area contributed by atoms with Crippen molar-refractivity contribution < 1.29 is 4.42 Å². The van der Waals surface area contributed by atoms with Crippen LogP contribution in [0.5, 0.6) is 0 Å². The Morgan fingerprint density at radius 2 is 1.71 bits per heavy atom. The second kappa shape index (κ2) is 8.85. The van der Waals surface area contributed by atoms with Gasteiger partial charge in [-0.25, -0.2) is 4.79 Å². The van der Waals surface area contributed by atoms with Crippen LogP contribution < -0.4 is 5.63 Å². The van der Waals surface area contributed by atoms with Crippen LogP contribution in [-0.2, 0) is 5.75 Å². The van der Waals surface area contributed by atoms with Crippen LogP contribution in [0.2, 0.25) is 0 Å². The molecule has 0 N–H and O–H groups in total. The van der Waals surface area contributed by atoms with E-state index in [1.165, 1.54) is 17.3 Å². The van der Waals surface area contributed by atoms with Crippen molar-refractivity contribution in [1.82, 2.24) is 19.7 Å². The Labute approximate surface area is 205 Å². The summed E-state index contributed by atoms with van der Waals surface area (Å²) in [6, 6.07) is 25.7. The zero-order valence-electron chi connectivity index (χ0n) is 18.9. The van der Waals surface area contributed by atoms with Crippen LogP contribution in [0.25, 0.3) is 38.8 Å². The molecule has 6 nitrogen and oxygen atoms in total. The van der Waals surface area contributed by atoms with E-state index in [2.05, 4.69) is 58.5 Å². The van der Waals surface area contributed by atoms with Gasteiger partial charge in [-0.05, 0) is 53.6 Å². The van der Waals surface area contributed by atoms with E-state index < -0.39 is 0 Å². The van der Waals surface area contributed by atoms with Gasteiger partial charge in [0.05, 0.1) is 0 Å². The summed E-state index contributed by atoms with van der Waals surface area (Å²) in [4.78, 5) is 16.5. The molecule has 0 unspecified atom stereocenters. The number of rotatable bonds is 5. The number of aromatic nitrogens is 4. The summed E-state index contributed by atoms with van der Waals surface area (Å²) >= 11 is 1.54. The topological polar surface area (TPSA) is 73.8 Å². The minimum atomic E-state index is -0.360. The van der Waals surface area contributed by atoms with Crippen LogP contribution in [0.4, 0.5) is 0 Å². The second-order valence-corrected chi connectivity index (χ2v) is 9.19. The van der Waals surface area contributed by atoms with E-state index in [0.29, 0.717) is 11.3 Å². The first-order valence-electron chi connectivity index (χ1n) is 11.2. The van der Waals surface area contributed by atoms with Gasteiger partial charge in [0.25, 0.3) is 0 Å². The van der Waals surface area contributed by atoms with Crippen molar-refractivity contribution >= 4 is 33.5 Å². The van der Waals surface area contributed by atoms with E-state index in [-0.39, 0.29) is 5.63 Å². The Bertz CT molecular complexity index is 1720. The van der Waals surface area contributed by atoms with E-state index in [4.69, 9.17) is 4.42 Å². The third-order valence-electron chi connectivity index (χ3n) is 5.94. The molecule has 0 atom stereocenters. The van der Waals surface area contributed by atoms with E-state index in [1.54, 1.807) is 18.5 Å². The smallest absolute Gasteiger partial charge is 0.336 e. The first-order valence-corrected chi connectivity index (χ1v) is 12.2. The van der Waals surface area contributed by atoms with Gasteiger partial charge in [-0.3, -0.25) is 9.55 Å². The van der Waals surface area contributed by atoms with Crippen molar-refractivity contribution in [1.29, 1.82) is 0 Å². The Kier molecular flexibility index (Phi) is 5.39. The lowest BCUT2D eigenvalue weighted by atomic mass is 10.0. The molecule has 0 spiro atoms. The van der Waals surface area contributed by atoms with Gasteiger partial charge < -0.3 is 4.42 Å². The standard InChI is InChI=1S/C28H20N4O2S/c1-18-6-9-22(10-7-18)32-27(20-12-14-29-15-13-20)30-31-28(32)35-17-21-16-25(33)34-24-11-8-19-4-2-3-5-23(19)26(21)24/h2-16H,17H2,1H3. The van der Waals surface area contributed by atoms with Crippen molar-refractivity contribution in [3.63, 3.8) is 0 Å². The molecule has 0 aliphatic rings. The molecule has 3 aromatic carbocycles. The van der Waals surface area contributed by atoms with Crippen molar-refractivity contribution in [2.75, 3.05) is 0 Å². The predicted octanol–water partition coefficient (Wildman–Crippen LogP) is 6.19. The highest BCUT2D eigenvalue weighted by atomic mass is 32.2. The Morgan fingerprint density at radius 1 is 0.914 bits per heavy atom. The van der Waals surface area contributed by atoms with Gasteiger partial charge in [-0.15, -0.1) is 10.2 Å². The summed E-state index contributed by atoms with van der Waals surface area (Å²) in [6.07, 6.45) is 3.49. The molecule has 0 radical (unpaired) electrons. The molecule has 0 aliphatic heterocycles. The summed E-state index contributed by atoms with van der Waals surface area (Å²) < 4.78 is 7.57. The summed E-state index contributed by atoms with van der Waals surface area (Å²) in [5.74, 6) is 1.28. The summed E-state index contributed by atoms with van der Waals surface area (Å²) in [7, 11) is 0. The molecule has 3 heterocycles. The lowest BCUT2D eigenvalue weighted by Gasteiger charge is -2.12. The second-order valence-electron chi connectivity index (χ2n) is 8.25. The summed E-state index contributed by atoms with van der Waals surface area (Å²) in [5.41, 5.74) is 4.21. The Morgan fingerprint density at radius 3 is 2.54 bits per heavy atom. The van der Waals surface area contributed by atoms with Crippen LogP contribution in [-0.4, -0.2) is 19.7 Å². The number of benzene rings is 3. The fraction of sp³-hybridized carbons (Fsp3) is 0.0714. The maximum atomic E-state index is 12.3. The molecule has 0 bridgehead atoms. The zero-order valence-corrected chi connectivity index (χ0v) is 19.7. The molecule has 0 aliphatic carbocycles. The van der Waals surface area contributed by atoms with Crippen LogP contribution in [0.1, 0.15) is 11.1 Å². The van der Waals surface area contributed by atoms with Crippen molar-refractivity contribution in [3.8, 4) is 17.1 Å². The fourth-order valence-corrected chi connectivity index (χ4v) is 5.19. The molecule has 7 heteroatoms. The molecule has 35 heavy (non-hydrogen) atoms. The maximum absolute atomic E-state index is 12.3. The van der Waals surface area contributed by atoms with Gasteiger partial charge in [0.2, 0.25) is 0 Å². The molecule has 6 rings (SSSR count). The SMILES string of the molecule is Cc1ccc(-n2c(SCc3cc(=O)oc4ccc5ccccc5c34)nnc2-c2ccncc2)cc1. The van der Waals surface area contributed by atoms with Crippen molar-refractivity contribution in [2.45, 2.75) is 17.8 Å². The molecule has 3 aromatic heterocycles. The highest BCUT2D eigenvalue weighted by Crippen LogP contribution is 2.33. The highest BCUT2D eigenvalue weighted by molar-refractivity contribution is 7.98. The summed E-state index contributed by atoms with van der Waals surface area (Å²) in [5, 5.41) is 12.9. The number of pyridine rings is 1. The van der Waals surface area contributed by atoms with Gasteiger partial charge in [0.1, 0.15) is 5.58 Å². The van der Waals surface area contributed by atoms with Gasteiger partial charge in [-0.1, -0.05) is 59.8 Å². The molecule has 6 aromatic rings. The quantitative estimate of drug-likeness (QED) is 0.168. The number of thioether (sulfide) groups is 1. The molecular formula is C28H20N4O2S. The van der Waals surface area contributed by atoms with Crippen LogP contribution in [0, 0.1) is 6.92 Å². The number of hydrogen-bond acceptors (Lipinski definition) is 6. The lowest BCUT2D eigenvalue weighted by Crippen LogP contribution is -2.02. The minimum absolute atomic E-state index is 0.360. The van der Waals surface area contributed by atoms with E-state index in [1.807, 2.05) is 41.0 Å². The van der Waals surface area contributed by atoms with Gasteiger partial charge in [-0.2, -0.15) is 0 Å². The maximum Gasteiger partial charge on any atom is 0.336 e. The highest BCUT2D eigenvalue weighted by Gasteiger charge is 2.18. The lowest BCUT2D eigenvalue weighted by molar-refractivity contribution is 0.560. The number of aryl methyl sites for hydroxylation is 1. The van der Waals surface area contributed by atoms with Crippen LogP contribution in [0.3, 0.4) is 0 Å². The molecule has 170 valence electrons. The first-order chi connectivity index (χ1) is 17.2. The van der Waals surface area contributed by atoms with Crippen molar-refractivity contribution in [3.05, 3.63) is 113 Å². The molecular weight excluding hydrogens is 456 g/mol. The average molecular weight is 477 g/mol. The number of fused-ring (bicyclic) bond motifs is 3. The largest absolute Gasteiger partial charge is 0.423 e. The predicted molar refractivity (Wildman–Crippen MR) is 139 cm³/mol. The van der Waals surface area contributed by atoms with Gasteiger partial charge in [0.15, 0.2) is 11.0 Å². The first kappa shape index (κ1) is 21.3. The van der Waals surface area contributed by atoms with Crippen LogP contribution in [0.15, 0.2) is 106 Å². The van der Waals surface area contributed by atoms with Gasteiger partial charge >= 0.3 is 5.63 Å². The van der Waals surface area contributed by atoms with E-state index in [0.717, 1.165) is 44.0 Å². The number of hydrogen-bond donors (Lipinski definition) is 0. The monoisotopic (exact) mass is 476 g/mol. The summed E-state index contributed by atoms with van der Waals surface area (Å²) in [6.45, 7) is 2.06. The third kappa shape index (κ3) is 4.00. The Hall–Kier alpha value is -4.23. The zero-order chi connectivity index (χ0) is 23.8. The molecule has 0 fully saturated rings. The third-order valence-corrected chi connectivity index (χ3v) is 6.91. The average Bonchev–Trinajstić information content (AvgIpc) is 3.32. The fourth-order valence-electron chi connectivity index (χ4n) is 4.25. The molecule has 0 saturated heterocycles. The Balaban J connectivity index is 1.46. The minimum Gasteiger partial charge on any atom is -0.423 e. The van der Waals surface area contributed by atoms with Crippen LogP contribution >= 0.6 is 11.8 Å². The molecule has 0 saturated carbocycles. The normalized spacial score (nSPS) is 11.3.